The highest BCUT2D eigenvalue weighted by Crippen LogP contribution is 2.32. The van der Waals surface area contributed by atoms with Crippen LogP contribution in [0.5, 0.6) is 5.75 Å². The second-order valence-electron chi connectivity index (χ2n) is 8.10. The first-order chi connectivity index (χ1) is 13.7. The summed E-state index contributed by atoms with van der Waals surface area (Å²) in [5, 5.41) is 8.80. The van der Waals surface area contributed by atoms with Crippen LogP contribution >= 0.6 is 0 Å². The molecule has 1 aromatic carbocycles. The number of ether oxygens (including phenoxy) is 1. The lowest BCUT2D eigenvalue weighted by Crippen LogP contribution is -2.47. The second kappa shape index (κ2) is 7.09. The van der Waals surface area contributed by atoms with Gasteiger partial charge in [-0.15, -0.1) is 0 Å². The minimum atomic E-state index is 0.148. The number of piperazine rings is 1. The van der Waals surface area contributed by atoms with Gasteiger partial charge in [-0.3, -0.25) is 10.00 Å². The third-order valence-corrected chi connectivity index (χ3v) is 5.63. The molecule has 6 nitrogen and oxygen atoms in total. The van der Waals surface area contributed by atoms with E-state index >= 15 is 0 Å². The summed E-state index contributed by atoms with van der Waals surface area (Å²) in [5.74, 6) is 1.91. The van der Waals surface area contributed by atoms with E-state index in [9.17, 15) is 0 Å². The molecule has 146 valence electrons. The number of rotatable bonds is 5. The van der Waals surface area contributed by atoms with E-state index in [2.05, 4.69) is 37.1 Å². The highest BCUT2D eigenvalue weighted by molar-refractivity contribution is 5.94. The number of nitrogens with zero attached hydrogens (tertiary/aromatic N) is 4. The third-order valence-electron chi connectivity index (χ3n) is 5.63. The Morgan fingerprint density at radius 1 is 1.07 bits per heavy atom. The number of H-pyrrole nitrogens is 1. The van der Waals surface area contributed by atoms with E-state index in [0.29, 0.717) is 0 Å². The number of aromatic amines is 1. The van der Waals surface area contributed by atoms with Gasteiger partial charge in [0.05, 0.1) is 11.6 Å². The fourth-order valence-electron chi connectivity index (χ4n) is 4.05. The number of aromatic nitrogens is 3. The number of fused-ring (bicyclic) bond motifs is 1. The summed E-state index contributed by atoms with van der Waals surface area (Å²) in [7, 11) is 0. The fourth-order valence-corrected chi connectivity index (χ4v) is 4.05. The quantitative estimate of drug-likeness (QED) is 0.735. The Morgan fingerprint density at radius 2 is 1.89 bits per heavy atom. The summed E-state index contributed by atoms with van der Waals surface area (Å²) >= 11 is 0. The van der Waals surface area contributed by atoms with Gasteiger partial charge < -0.3 is 9.64 Å². The molecular formula is C22H27N5O. The zero-order chi connectivity index (χ0) is 19.1. The largest absolute Gasteiger partial charge is 0.491 e. The van der Waals surface area contributed by atoms with Gasteiger partial charge in [0.1, 0.15) is 17.3 Å². The van der Waals surface area contributed by atoms with Crippen molar-refractivity contribution in [3.05, 3.63) is 36.5 Å². The maximum absolute atomic E-state index is 5.87. The summed E-state index contributed by atoms with van der Waals surface area (Å²) in [5.41, 5.74) is 3.05. The fraction of sp³-hybridized carbons (Fsp3) is 0.455. The van der Waals surface area contributed by atoms with Crippen molar-refractivity contribution in [3.8, 4) is 17.0 Å². The number of pyridine rings is 1. The van der Waals surface area contributed by atoms with Crippen molar-refractivity contribution in [2.75, 3.05) is 31.1 Å². The first-order valence-electron chi connectivity index (χ1n) is 10.3. The summed E-state index contributed by atoms with van der Waals surface area (Å²) in [4.78, 5) is 9.66. The molecule has 0 amide bonds. The van der Waals surface area contributed by atoms with Crippen molar-refractivity contribution < 1.29 is 4.74 Å². The highest BCUT2D eigenvalue weighted by Gasteiger charge is 2.31. The molecule has 28 heavy (non-hydrogen) atoms. The molecule has 1 saturated heterocycles. The van der Waals surface area contributed by atoms with Crippen molar-refractivity contribution in [1.29, 1.82) is 0 Å². The maximum atomic E-state index is 5.87. The predicted octanol–water partition coefficient (Wildman–Crippen LogP) is 3.70. The number of hydrogen-bond acceptors (Lipinski definition) is 5. The molecule has 1 aliphatic heterocycles. The molecule has 2 aliphatic rings. The Balaban J connectivity index is 1.41. The average molecular weight is 377 g/mol. The highest BCUT2D eigenvalue weighted by atomic mass is 16.5. The summed E-state index contributed by atoms with van der Waals surface area (Å²) in [6.45, 7) is 8.44. The molecule has 0 atom stereocenters. The SMILES string of the molecule is CC(C)Oc1ccc2[nH]nc(-c3ccnc(N4CCN(C5CC5)CC4)c3)c2c1. The van der Waals surface area contributed by atoms with Crippen LogP contribution in [0.1, 0.15) is 26.7 Å². The van der Waals surface area contributed by atoms with Gasteiger partial charge in [0.25, 0.3) is 0 Å². The second-order valence-corrected chi connectivity index (χ2v) is 8.10. The molecule has 3 aromatic rings. The molecule has 0 unspecified atom stereocenters. The molecule has 1 aliphatic carbocycles. The number of nitrogens with one attached hydrogen (secondary N) is 1. The molecule has 5 rings (SSSR count). The van der Waals surface area contributed by atoms with E-state index in [4.69, 9.17) is 4.74 Å². The molecule has 1 N–H and O–H groups in total. The van der Waals surface area contributed by atoms with Gasteiger partial charge in [0, 0.05) is 49.4 Å². The molecule has 6 heteroatoms. The first-order valence-corrected chi connectivity index (χ1v) is 10.3. The van der Waals surface area contributed by atoms with Crippen LogP contribution in [0, 0.1) is 0 Å². The van der Waals surface area contributed by atoms with E-state index < -0.39 is 0 Å². The molecule has 1 saturated carbocycles. The molecule has 2 aromatic heterocycles. The molecule has 0 bridgehead atoms. The zero-order valence-electron chi connectivity index (χ0n) is 16.6. The van der Waals surface area contributed by atoms with Crippen LogP contribution in [-0.4, -0.2) is 58.4 Å². The van der Waals surface area contributed by atoms with Gasteiger partial charge in [0.2, 0.25) is 0 Å². The minimum Gasteiger partial charge on any atom is -0.491 e. The minimum absolute atomic E-state index is 0.148. The third kappa shape index (κ3) is 3.44. The Kier molecular flexibility index (Phi) is 4.43. The Morgan fingerprint density at radius 3 is 2.64 bits per heavy atom. The molecule has 3 heterocycles. The van der Waals surface area contributed by atoms with E-state index in [0.717, 1.165) is 65.9 Å². The van der Waals surface area contributed by atoms with Crippen LogP contribution < -0.4 is 9.64 Å². The van der Waals surface area contributed by atoms with Crippen molar-refractivity contribution >= 4 is 16.7 Å². The zero-order valence-corrected chi connectivity index (χ0v) is 16.6. The Hall–Kier alpha value is -2.60. The van der Waals surface area contributed by atoms with E-state index in [1.807, 2.05) is 38.2 Å². The summed E-state index contributed by atoms with van der Waals surface area (Å²) in [6.07, 6.45) is 4.80. The predicted molar refractivity (Wildman–Crippen MR) is 112 cm³/mol. The number of hydrogen-bond donors (Lipinski definition) is 1. The van der Waals surface area contributed by atoms with Gasteiger partial charge in [-0.25, -0.2) is 4.98 Å². The topological polar surface area (TPSA) is 57.3 Å². The smallest absolute Gasteiger partial charge is 0.129 e. The molecule has 0 spiro atoms. The van der Waals surface area contributed by atoms with Crippen molar-refractivity contribution in [2.45, 2.75) is 38.8 Å². The molecule has 2 fully saturated rings. The van der Waals surface area contributed by atoms with Crippen molar-refractivity contribution in [3.63, 3.8) is 0 Å². The van der Waals surface area contributed by atoms with Crippen molar-refractivity contribution in [2.24, 2.45) is 0 Å². The van der Waals surface area contributed by atoms with Gasteiger partial charge in [0.15, 0.2) is 0 Å². The lowest BCUT2D eigenvalue weighted by Gasteiger charge is -2.35. The van der Waals surface area contributed by atoms with Crippen LogP contribution in [0.15, 0.2) is 36.5 Å². The lowest BCUT2D eigenvalue weighted by atomic mass is 10.1. The first kappa shape index (κ1) is 17.5. The summed E-state index contributed by atoms with van der Waals surface area (Å²) in [6, 6.07) is 11.1. The van der Waals surface area contributed by atoms with Crippen LogP contribution in [0.4, 0.5) is 5.82 Å². The van der Waals surface area contributed by atoms with Crippen LogP contribution in [-0.2, 0) is 0 Å². The standard InChI is InChI=1S/C22H27N5O/c1-15(2)28-18-5-6-20-19(14-18)22(25-24-20)16-7-8-23-21(13-16)27-11-9-26(10-12-27)17-3-4-17/h5-8,13-15,17H,3-4,9-12H2,1-2H3,(H,24,25). The van der Waals surface area contributed by atoms with Crippen LogP contribution in [0.25, 0.3) is 22.2 Å². The van der Waals surface area contributed by atoms with E-state index in [1.165, 1.54) is 12.8 Å². The van der Waals surface area contributed by atoms with Crippen molar-refractivity contribution in [1.82, 2.24) is 20.1 Å². The molecule has 0 radical (unpaired) electrons. The van der Waals surface area contributed by atoms with E-state index in [-0.39, 0.29) is 6.10 Å². The van der Waals surface area contributed by atoms with Gasteiger partial charge in [-0.2, -0.15) is 5.10 Å². The van der Waals surface area contributed by atoms with Gasteiger partial charge >= 0.3 is 0 Å². The van der Waals surface area contributed by atoms with Crippen LogP contribution in [0.2, 0.25) is 0 Å². The monoisotopic (exact) mass is 377 g/mol. The molecular weight excluding hydrogens is 350 g/mol. The average Bonchev–Trinajstić information content (AvgIpc) is 3.47. The Bertz CT molecular complexity index is 970. The normalized spacial score (nSPS) is 18.2. The summed E-state index contributed by atoms with van der Waals surface area (Å²) < 4.78 is 5.87. The lowest BCUT2D eigenvalue weighted by molar-refractivity contribution is 0.243. The Labute approximate surface area is 165 Å². The van der Waals surface area contributed by atoms with Gasteiger partial charge in [-0.05, 0) is 57.0 Å². The van der Waals surface area contributed by atoms with Gasteiger partial charge in [-0.1, -0.05) is 0 Å². The number of benzene rings is 1. The van der Waals surface area contributed by atoms with E-state index in [1.54, 1.807) is 0 Å². The van der Waals surface area contributed by atoms with Crippen LogP contribution in [0.3, 0.4) is 0 Å². The number of anilines is 1. The maximum Gasteiger partial charge on any atom is 0.129 e.